The Morgan fingerprint density at radius 2 is 0.677 bits per heavy atom. The minimum atomic E-state index is -0.0590. The fourth-order valence-corrected chi connectivity index (χ4v) is 5.18. The van der Waals surface area contributed by atoms with E-state index in [-0.39, 0.29) is 54.6 Å². The van der Waals surface area contributed by atoms with E-state index in [1.54, 1.807) is 0 Å². The van der Waals surface area contributed by atoms with Crippen LogP contribution in [0, 0.1) is 0 Å². The van der Waals surface area contributed by atoms with Crippen molar-refractivity contribution >= 4 is 0 Å². The summed E-state index contributed by atoms with van der Waals surface area (Å²) in [7, 11) is 0. The maximum absolute atomic E-state index is 5.19. The van der Waals surface area contributed by atoms with E-state index in [0.717, 1.165) is 17.2 Å². The number of aromatic nitrogens is 10. The van der Waals surface area contributed by atoms with Gasteiger partial charge in [0.1, 0.15) is 0 Å². The molecule has 0 bridgehead atoms. The molecule has 0 saturated heterocycles. The summed E-state index contributed by atoms with van der Waals surface area (Å²) in [5, 5.41) is 21.8. The predicted octanol–water partition coefficient (Wildman–Crippen LogP) is 14.4. The Morgan fingerprint density at radius 1 is 0.369 bits per heavy atom. The Balaban J connectivity index is 0.000000406. The summed E-state index contributed by atoms with van der Waals surface area (Å²) in [6, 6.07) is 4.20. The van der Waals surface area contributed by atoms with Crippen LogP contribution in [0.15, 0.2) is 53.8 Å². The van der Waals surface area contributed by atoms with E-state index in [1.165, 1.54) is 11.1 Å². The van der Waals surface area contributed by atoms with Gasteiger partial charge in [0, 0.05) is 46.4 Å². The van der Waals surface area contributed by atoms with Crippen LogP contribution in [0.2, 0.25) is 0 Å². The van der Waals surface area contributed by atoms with Crippen molar-refractivity contribution in [1.82, 2.24) is 49.3 Å². The normalized spacial score (nSPS) is 13.4. The molecule has 0 N–H and O–H groups in total. The smallest absolute Gasteiger partial charge is 0.232 e. The molecule has 0 aliphatic carbocycles. The Morgan fingerprint density at radius 3 is 0.815 bits per heavy atom. The van der Waals surface area contributed by atoms with Crippen LogP contribution in [0.4, 0.5) is 0 Å². The van der Waals surface area contributed by atoms with E-state index >= 15 is 0 Å². The van der Waals surface area contributed by atoms with Crippen LogP contribution in [0.1, 0.15) is 242 Å². The average Bonchev–Trinajstić information content (AvgIpc) is 3.92. The molecule has 5 heterocycles. The third kappa shape index (κ3) is 19.8. The molecule has 5 aromatic rings. The van der Waals surface area contributed by atoms with E-state index in [4.69, 9.17) is 4.52 Å². The van der Waals surface area contributed by atoms with Gasteiger partial charge in [0.2, 0.25) is 5.89 Å². The van der Waals surface area contributed by atoms with Gasteiger partial charge in [-0.05, 0) is 117 Å². The van der Waals surface area contributed by atoms with Crippen molar-refractivity contribution in [3.8, 4) is 0 Å². The van der Waals surface area contributed by atoms with Crippen LogP contribution in [0.25, 0.3) is 0 Å². The highest BCUT2D eigenvalue weighted by Crippen LogP contribution is 2.27. The van der Waals surface area contributed by atoms with E-state index < -0.39 is 0 Å². The highest BCUT2D eigenvalue weighted by molar-refractivity contribution is 5.17. The maximum Gasteiger partial charge on any atom is 0.232 e. The molecule has 0 unspecified atom stereocenters. The number of hydrogen-bond acceptors (Lipinski definition) is 7. The zero-order valence-corrected chi connectivity index (χ0v) is 47.5. The summed E-state index contributed by atoms with van der Waals surface area (Å²) >= 11 is 0. The molecular formula is C54H98N10O. The van der Waals surface area contributed by atoms with E-state index in [0.29, 0.717) is 5.89 Å². The second kappa shape index (κ2) is 20.5. The zero-order chi connectivity index (χ0) is 51.4. The molecule has 5 rings (SSSR count). The summed E-state index contributed by atoms with van der Waals surface area (Å²) in [5.41, 5.74) is 5.85. The average molecular weight is 903 g/mol. The van der Waals surface area contributed by atoms with Crippen molar-refractivity contribution < 1.29 is 4.52 Å². The lowest BCUT2D eigenvalue weighted by Crippen LogP contribution is -2.23. The fourth-order valence-electron chi connectivity index (χ4n) is 5.18. The van der Waals surface area contributed by atoms with Crippen molar-refractivity contribution in [2.45, 2.75) is 262 Å². The van der Waals surface area contributed by atoms with Gasteiger partial charge >= 0.3 is 0 Å². The zero-order valence-electron chi connectivity index (χ0n) is 47.5. The summed E-state index contributed by atoms with van der Waals surface area (Å²) in [5.74, 6) is 1.48. The summed E-state index contributed by atoms with van der Waals surface area (Å²) in [6.07, 6.45) is 12.3. The first-order valence-electron chi connectivity index (χ1n) is 23.6. The second-order valence-electron chi connectivity index (χ2n) is 27.7. The van der Waals surface area contributed by atoms with Crippen LogP contribution < -0.4 is 0 Å². The number of rotatable bonds is 0. The fraction of sp³-hybridized carbons (Fsp3) is 0.741. The highest BCUT2D eigenvalue weighted by atomic mass is 16.5. The standard InChI is InChI=1S/4C11H20N2.C10H18N2O/c2*1-10(2,3)9-7-12-13(8-9)11(4,5)6;2*1-10(2,3)9-7-8-13(12-9)11(4,5)6;1-9(2,3)7-11-8(13-12-7)10(4,5)6/h4*7-8H,1-6H3;1-6H3. The van der Waals surface area contributed by atoms with Gasteiger partial charge in [0.05, 0.1) is 45.9 Å². The summed E-state index contributed by atoms with van der Waals surface area (Å²) in [6.45, 7) is 64.6. The lowest BCUT2D eigenvalue weighted by atomic mass is 9.90. The summed E-state index contributed by atoms with van der Waals surface area (Å²) in [4.78, 5) is 4.38. The Labute approximate surface area is 398 Å². The van der Waals surface area contributed by atoms with E-state index in [1.807, 2.05) is 31.1 Å². The Hall–Kier alpha value is -4.02. The predicted molar refractivity (Wildman–Crippen MR) is 275 cm³/mol. The number of hydrogen-bond donors (Lipinski definition) is 0. The van der Waals surface area contributed by atoms with Crippen molar-refractivity contribution in [2.75, 3.05) is 0 Å². The molecule has 0 aliphatic heterocycles. The van der Waals surface area contributed by atoms with Crippen molar-refractivity contribution in [3.63, 3.8) is 0 Å². The SMILES string of the molecule is CC(C)(C)c1ccn(C(C)(C)C)n1.CC(C)(C)c1ccn(C(C)(C)C)n1.CC(C)(C)c1cnn(C(C)(C)C)c1.CC(C)(C)c1cnn(C(C)(C)C)c1.CC(C)(C)c1noc(C(C)(C)C)n1. The third-order valence-corrected chi connectivity index (χ3v) is 10.1. The molecule has 0 fully saturated rings. The molecule has 0 aliphatic rings. The molecule has 370 valence electrons. The van der Waals surface area contributed by atoms with E-state index in [2.05, 4.69) is 275 Å². The van der Waals surface area contributed by atoms with Crippen molar-refractivity contribution in [3.05, 3.63) is 83.5 Å². The van der Waals surface area contributed by atoms with Gasteiger partial charge in [0.15, 0.2) is 5.82 Å². The second-order valence-corrected chi connectivity index (χ2v) is 27.7. The van der Waals surface area contributed by atoms with Crippen LogP contribution in [-0.4, -0.2) is 49.3 Å². The molecule has 0 atom stereocenters. The first-order valence-corrected chi connectivity index (χ1v) is 23.6. The Bertz CT molecular complexity index is 1640. The molecule has 5 aromatic heterocycles. The molecule has 11 nitrogen and oxygen atoms in total. The molecule has 11 heteroatoms. The first-order chi connectivity index (χ1) is 28.6. The van der Waals surface area contributed by atoms with Crippen LogP contribution in [0.3, 0.4) is 0 Å². The largest absolute Gasteiger partial charge is 0.339 e. The Kier molecular flexibility index (Phi) is 18.6. The van der Waals surface area contributed by atoms with Gasteiger partial charge in [-0.3, -0.25) is 18.7 Å². The van der Waals surface area contributed by atoms with Crippen LogP contribution in [-0.2, 0) is 54.6 Å². The molecular weight excluding hydrogens is 805 g/mol. The van der Waals surface area contributed by atoms with Gasteiger partial charge in [-0.1, -0.05) is 130 Å². The summed E-state index contributed by atoms with van der Waals surface area (Å²) < 4.78 is 13.3. The monoisotopic (exact) mass is 903 g/mol. The lowest BCUT2D eigenvalue weighted by molar-refractivity contribution is 0.314. The van der Waals surface area contributed by atoms with Crippen LogP contribution >= 0.6 is 0 Å². The highest BCUT2D eigenvalue weighted by Gasteiger charge is 2.27. The minimum Gasteiger partial charge on any atom is -0.339 e. The topological polar surface area (TPSA) is 110 Å². The quantitative estimate of drug-likeness (QED) is 0.152. The number of nitrogens with zero attached hydrogens (tertiary/aromatic N) is 10. The molecule has 0 spiro atoms. The third-order valence-electron chi connectivity index (χ3n) is 10.1. The van der Waals surface area contributed by atoms with Gasteiger partial charge in [-0.25, -0.2) is 0 Å². The van der Waals surface area contributed by atoms with Gasteiger partial charge in [-0.2, -0.15) is 25.4 Å². The minimum absolute atomic E-state index is 0.0347. The van der Waals surface area contributed by atoms with Crippen molar-refractivity contribution in [1.29, 1.82) is 0 Å². The molecule has 0 saturated carbocycles. The van der Waals surface area contributed by atoms with Gasteiger partial charge in [-0.15, -0.1) is 0 Å². The molecule has 0 aromatic carbocycles. The van der Waals surface area contributed by atoms with Crippen LogP contribution in [0.5, 0.6) is 0 Å². The maximum atomic E-state index is 5.19. The van der Waals surface area contributed by atoms with E-state index in [9.17, 15) is 0 Å². The molecule has 65 heavy (non-hydrogen) atoms. The van der Waals surface area contributed by atoms with Gasteiger partial charge in [0.25, 0.3) is 0 Å². The first kappa shape index (κ1) is 59.0. The molecule has 0 amide bonds. The molecule has 0 radical (unpaired) electrons. The van der Waals surface area contributed by atoms with Crippen molar-refractivity contribution in [2.24, 2.45) is 0 Å². The lowest BCUT2D eigenvalue weighted by Gasteiger charge is -2.20. The van der Waals surface area contributed by atoms with Gasteiger partial charge < -0.3 is 4.52 Å².